The molecule has 1 aliphatic carbocycles. The Balaban J connectivity index is 1.90. The first-order chi connectivity index (χ1) is 7.69. The maximum Gasteiger partial charge on any atom is 0.00981 e. The minimum atomic E-state index is 0.837. The van der Waals surface area contributed by atoms with E-state index < -0.39 is 0 Å². The number of nitrogens with one attached hydrogen (secondary N) is 1. The number of hydrogen-bond acceptors (Lipinski definition) is 1. The van der Waals surface area contributed by atoms with Crippen LogP contribution in [0, 0.1) is 23.7 Å². The van der Waals surface area contributed by atoms with E-state index in [9.17, 15) is 0 Å². The fourth-order valence-corrected chi connectivity index (χ4v) is 4.10. The quantitative estimate of drug-likeness (QED) is 0.750. The highest BCUT2D eigenvalue weighted by atomic mass is 14.9. The van der Waals surface area contributed by atoms with Gasteiger partial charge in [0.1, 0.15) is 0 Å². The van der Waals surface area contributed by atoms with Crippen LogP contribution in [0.4, 0.5) is 0 Å². The van der Waals surface area contributed by atoms with Gasteiger partial charge in [-0.2, -0.15) is 0 Å². The van der Waals surface area contributed by atoms with Gasteiger partial charge in [0.15, 0.2) is 0 Å². The summed E-state index contributed by atoms with van der Waals surface area (Å²) in [6.45, 7) is 8.52. The van der Waals surface area contributed by atoms with Crippen LogP contribution in [0.3, 0.4) is 0 Å². The van der Waals surface area contributed by atoms with E-state index in [2.05, 4.69) is 26.1 Å². The lowest BCUT2D eigenvalue weighted by Gasteiger charge is -2.40. The zero-order chi connectivity index (χ0) is 11.5. The topological polar surface area (TPSA) is 12.0 Å². The van der Waals surface area contributed by atoms with Gasteiger partial charge >= 0.3 is 0 Å². The molecule has 0 aromatic heterocycles. The molecule has 0 aromatic carbocycles. The van der Waals surface area contributed by atoms with Crippen molar-refractivity contribution in [3.05, 3.63) is 0 Å². The second-order valence-electron chi connectivity index (χ2n) is 6.54. The first kappa shape index (κ1) is 12.4. The maximum absolute atomic E-state index is 3.79. The molecule has 0 aromatic rings. The predicted octanol–water partition coefficient (Wildman–Crippen LogP) is 3.84. The van der Waals surface area contributed by atoms with Gasteiger partial charge in [0, 0.05) is 6.04 Å². The van der Waals surface area contributed by atoms with Crippen molar-refractivity contribution in [2.45, 2.75) is 65.3 Å². The van der Waals surface area contributed by atoms with Crippen molar-refractivity contribution in [1.29, 1.82) is 0 Å². The summed E-state index contributed by atoms with van der Waals surface area (Å²) in [5, 5.41) is 3.79. The minimum Gasteiger partial charge on any atom is -0.314 e. The molecule has 1 saturated carbocycles. The van der Waals surface area contributed by atoms with Gasteiger partial charge in [-0.3, -0.25) is 0 Å². The Morgan fingerprint density at radius 3 is 2.31 bits per heavy atom. The summed E-state index contributed by atoms with van der Waals surface area (Å²) in [6, 6.07) is 0.837. The molecular weight excluding hydrogens is 194 g/mol. The van der Waals surface area contributed by atoms with E-state index in [4.69, 9.17) is 0 Å². The van der Waals surface area contributed by atoms with Crippen molar-refractivity contribution < 1.29 is 0 Å². The lowest BCUT2D eigenvalue weighted by atomic mass is 9.71. The van der Waals surface area contributed by atoms with Crippen LogP contribution in [-0.2, 0) is 0 Å². The summed E-state index contributed by atoms with van der Waals surface area (Å²) in [7, 11) is 0. The van der Waals surface area contributed by atoms with Crippen LogP contribution >= 0.6 is 0 Å². The third-order valence-corrected chi connectivity index (χ3v) is 4.91. The van der Waals surface area contributed by atoms with Crippen LogP contribution in [0.2, 0.25) is 0 Å². The Bertz CT molecular complexity index is 203. The second kappa shape index (κ2) is 5.53. The molecule has 2 fully saturated rings. The largest absolute Gasteiger partial charge is 0.314 e. The van der Waals surface area contributed by atoms with Gasteiger partial charge in [0.2, 0.25) is 0 Å². The highest BCUT2D eigenvalue weighted by Gasteiger charge is 2.32. The molecule has 4 atom stereocenters. The maximum atomic E-state index is 3.79. The molecule has 0 radical (unpaired) electrons. The van der Waals surface area contributed by atoms with Gasteiger partial charge in [0.05, 0.1) is 0 Å². The van der Waals surface area contributed by atoms with Gasteiger partial charge < -0.3 is 5.32 Å². The standard InChI is InChI=1S/C15H29N/c1-4-13-5-6-16-15(10-13)14-8-11(2)7-12(3)9-14/h11-16H,4-10H2,1-3H3. The first-order valence-electron chi connectivity index (χ1n) is 7.42. The van der Waals surface area contributed by atoms with E-state index in [1.165, 1.54) is 45.1 Å². The van der Waals surface area contributed by atoms with Crippen molar-refractivity contribution in [3.63, 3.8) is 0 Å². The smallest absolute Gasteiger partial charge is 0.00981 e. The van der Waals surface area contributed by atoms with Crippen molar-refractivity contribution in [2.75, 3.05) is 6.54 Å². The normalized spacial score (nSPS) is 45.6. The predicted molar refractivity (Wildman–Crippen MR) is 70.5 cm³/mol. The highest BCUT2D eigenvalue weighted by Crippen LogP contribution is 2.37. The minimum absolute atomic E-state index is 0.837. The fraction of sp³-hybridized carbons (Fsp3) is 1.00. The Labute approximate surface area is 101 Å². The third kappa shape index (κ3) is 3.00. The number of rotatable bonds is 2. The summed E-state index contributed by atoms with van der Waals surface area (Å²) in [6.07, 6.45) is 8.64. The molecule has 94 valence electrons. The lowest BCUT2D eigenvalue weighted by Crippen LogP contribution is -2.45. The van der Waals surface area contributed by atoms with Crippen LogP contribution in [0.25, 0.3) is 0 Å². The first-order valence-corrected chi connectivity index (χ1v) is 7.42. The average molecular weight is 223 g/mol. The zero-order valence-corrected chi connectivity index (χ0v) is 11.3. The Kier molecular flexibility index (Phi) is 4.29. The number of hydrogen-bond donors (Lipinski definition) is 1. The molecular formula is C15H29N. The van der Waals surface area contributed by atoms with Crippen molar-refractivity contribution in [2.24, 2.45) is 23.7 Å². The summed E-state index contributed by atoms with van der Waals surface area (Å²) < 4.78 is 0. The van der Waals surface area contributed by atoms with Crippen LogP contribution in [0.15, 0.2) is 0 Å². The van der Waals surface area contributed by atoms with Crippen LogP contribution in [-0.4, -0.2) is 12.6 Å². The van der Waals surface area contributed by atoms with Crippen LogP contribution in [0.5, 0.6) is 0 Å². The van der Waals surface area contributed by atoms with Crippen molar-refractivity contribution in [1.82, 2.24) is 5.32 Å². The molecule has 1 heterocycles. The summed E-state index contributed by atoms with van der Waals surface area (Å²) in [5.74, 6) is 3.88. The SMILES string of the molecule is CCC1CCNC(C2CC(C)CC(C)C2)C1. The molecule has 1 saturated heterocycles. The van der Waals surface area contributed by atoms with Gasteiger partial charge in [-0.05, 0) is 62.3 Å². The Hall–Kier alpha value is -0.0400. The molecule has 1 nitrogen and oxygen atoms in total. The molecule has 16 heavy (non-hydrogen) atoms. The monoisotopic (exact) mass is 223 g/mol. The third-order valence-electron chi connectivity index (χ3n) is 4.91. The van der Waals surface area contributed by atoms with Crippen molar-refractivity contribution >= 4 is 0 Å². The highest BCUT2D eigenvalue weighted by molar-refractivity contribution is 4.87. The van der Waals surface area contributed by atoms with Gasteiger partial charge in [0.25, 0.3) is 0 Å². The van der Waals surface area contributed by atoms with Gasteiger partial charge in [-0.1, -0.05) is 27.2 Å². The van der Waals surface area contributed by atoms with E-state index in [1.54, 1.807) is 0 Å². The number of piperidine rings is 1. The van der Waals surface area contributed by atoms with E-state index in [-0.39, 0.29) is 0 Å². The summed E-state index contributed by atoms with van der Waals surface area (Å²) in [4.78, 5) is 0. The Morgan fingerprint density at radius 1 is 1.00 bits per heavy atom. The fourth-order valence-electron chi connectivity index (χ4n) is 4.10. The lowest BCUT2D eigenvalue weighted by molar-refractivity contribution is 0.141. The molecule has 2 rings (SSSR count). The van der Waals surface area contributed by atoms with E-state index in [1.807, 2.05) is 0 Å². The molecule has 1 heteroatoms. The Morgan fingerprint density at radius 2 is 1.69 bits per heavy atom. The van der Waals surface area contributed by atoms with E-state index >= 15 is 0 Å². The average Bonchev–Trinajstić information content (AvgIpc) is 2.28. The van der Waals surface area contributed by atoms with Crippen molar-refractivity contribution in [3.8, 4) is 0 Å². The second-order valence-corrected chi connectivity index (χ2v) is 6.54. The van der Waals surface area contributed by atoms with Gasteiger partial charge in [-0.25, -0.2) is 0 Å². The molecule has 4 unspecified atom stereocenters. The molecule has 1 aliphatic heterocycles. The van der Waals surface area contributed by atoms with Crippen LogP contribution in [0.1, 0.15) is 59.3 Å². The van der Waals surface area contributed by atoms with E-state index in [0.29, 0.717) is 0 Å². The van der Waals surface area contributed by atoms with Crippen LogP contribution < -0.4 is 5.32 Å². The zero-order valence-electron chi connectivity index (χ0n) is 11.3. The summed E-state index contributed by atoms with van der Waals surface area (Å²) >= 11 is 0. The molecule has 0 bridgehead atoms. The summed E-state index contributed by atoms with van der Waals surface area (Å²) in [5.41, 5.74) is 0. The molecule has 0 amide bonds. The van der Waals surface area contributed by atoms with Gasteiger partial charge in [-0.15, -0.1) is 0 Å². The molecule has 1 N–H and O–H groups in total. The molecule has 0 spiro atoms. The molecule has 2 aliphatic rings. The van der Waals surface area contributed by atoms with E-state index in [0.717, 1.165) is 29.7 Å².